The number of hydrogen-bond acceptors (Lipinski definition) is 3. The molecule has 1 atom stereocenters. The molecule has 0 aromatic heterocycles. The Balaban J connectivity index is 1.86. The zero-order valence-corrected chi connectivity index (χ0v) is 17.0. The fourth-order valence-corrected chi connectivity index (χ4v) is 4.03. The van der Waals surface area contributed by atoms with E-state index < -0.39 is 0 Å². The highest BCUT2D eigenvalue weighted by atomic mass is 35.5. The van der Waals surface area contributed by atoms with Crippen molar-refractivity contribution in [1.82, 2.24) is 4.90 Å². The molecule has 136 valence electrons. The second kappa shape index (κ2) is 7.91. The molecule has 0 spiro atoms. The molecule has 26 heavy (non-hydrogen) atoms. The van der Waals surface area contributed by atoms with Crippen molar-refractivity contribution in [2.24, 2.45) is 4.99 Å². The Morgan fingerprint density at radius 3 is 2.54 bits per heavy atom. The van der Waals surface area contributed by atoms with Crippen molar-refractivity contribution < 1.29 is 4.79 Å². The maximum atomic E-state index is 12.8. The molecule has 2 aromatic carbocycles. The molecule has 1 aliphatic heterocycles. The lowest BCUT2D eigenvalue weighted by atomic mass is 10.1. The summed E-state index contributed by atoms with van der Waals surface area (Å²) in [7, 11) is 0. The number of halogens is 2. The van der Waals surface area contributed by atoms with Crippen LogP contribution < -0.4 is 5.32 Å². The van der Waals surface area contributed by atoms with Gasteiger partial charge in [0.15, 0.2) is 5.17 Å². The van der Waals surface area contributed by atoms with Gasteiger partial charge in [-0.3, -0.25) is 4.90 Å². The maximum Gasteiger partial charge on any atom is 0.327 e. The monoisotopic (exact) mass is 407 g/mol. The number of thioether (sulfide) groups is 1. The molecule has 1 unspecified atom stereocenters. The highest BCUT2D eigenvalue weighted by molar-refractivity contribution is 8.14. The summed E-state index contributed by atoms with van der Waals surface area (Å²) < 4.78 is 0. The van der Waals surface area contributed by atoms with E-state index in [1.54, 1.807) is 34.9 Å². The topological polar surface area (TPSA) is 44.7 Å². The number of anilines is 1. The van der Waals surface area contributed by atoms with Gasteiger partial charge < -0.3 is 5.32 Å². The van der Waals surface area contributed by atoms with E-state index in [4.69, 9.17) is 28.2 Å². The van der Waals surface area contributed by atoms with Crippen LogP contribution >= 0.6 is 35.0 Å². The molecule has 2 aromatic rings. The molecule has 1 saturated heterocycles. The van der Waals surface area contributed by atoms with Gasteiger partial charge in [-0.25, -0.2) is 9.79 Å². The number of nitrogens with zero attached hydrogens (tertiary/aromatic N) is 2. The number of amidine groups is 1. The third-order valence-electron chi connectivity index (χ3n) is 4.04. The van der Waals surface area contributed by atoms with Crippen LogP contribution in [-0.2, 0) is 0 Å². The molecular weight excluding hydrogens is 389 g/mol. The number of aryl methyl sites for hydroxylation is 2. The quantitative estimate of drug-likeness (QED) is 0.637. The molecule has 0 radical (unpaired) electrons. The van der Waals surface area contributed by atoms with Crippen molar-refractivity contribution in [3.8, 4) is 0 Å². The van der Waals surface area contributed by atoms with E-state index in [-0.39, 0.29) is 11.3 Å². The summed E-state index contributed by atoms with van der Waals surface area (Å²) in [6.07, 6.45) is 0. The summed E-state index contributed by atoms with van der Waals surface area (Å²) in [5, 5.41) is 4.70. The molecule has 0 saturated carbocycles. The zero-order valence-electron chi connectivity index (χ0n) is 14.7. The number of benzene rings is 2. The number of carbonyl (C=O) groups excluding carboxylic acids is 1. The third kappa shape index (κ3) is 4.17. The van der Waals surface area contributed by atoms with E-state index in [0.29, 0.717) is 27.4 Å². The molecular formula is C19H19Cl2N3OS. The van der Waals surface area contributed by atoms with Crippen molar-refractivity contribution in [3.63, 3.8) is 0 Å². The summed E-state index contributed by atoms with van der Waals surface area (Å²) in [5.41, 5.74) is 3.68. The second-order valence-electron chi connectivity index (χ2n) is 6.23. The predicted molar refractivity (Wildman–Crippen MR) is 112 cm³/mol. The van der Waals surface area contributed by atoms with E-state index >= 15 is 0 Å². The van der Waals surface area contributed by atoms with Crippen molar-refractivity contribution in [2.45, 2.75) is 26.0 Å². The molecule has 3 rings (SSSR count). The number of aliphatic imine (C=N–C) groups is 1. The maximum absolute atomic E-state index is 12.8. The Labute approximate surface area is 167 Å². The minimum absolute atomic E-state index is 0.231. The minimum atomic E-state index is -0.231. The molecule has 2 amide bonds. The summed E-state index contributed by atoms with van der Waals surface area (Å²) in [6.45, 7) is 6.73. The van der Waals surface area contributed by atoms with E-state index in [1.807, 2.05) is 32.0 Å². The normalized spacial score (nSPS) is 18.4. The van der Waals surface area contributed by atoms with Gasteiger partial charge in [0.2, 0.25) is 0 Å². The van der Waals surface area contributed by atoms with Gasteiger partial charge in [-0.05, 0) is 43.2 Å². The van der Waals surface area contributed by atoms with Gasteiger partial charge in [0.05, 0.1) is 15.7 Å². The standard InChI is InChI=1S/C19H19Cl2N3OS/c1-11-5-4-6-12(2)17(11)23-19-24(10-13(3)26-19)18(25)22-14-7-8-15(20)16(21)9-14/h4-9,13H,10H2,1-3H3,(H,22,25). The van der Waals surface area contributed by atoms with Gasteiger partial charge in [-0.2, -0.15) is 0 Å². The van der Waals surface area contributed by atoms with Gasteiger partial charge in [0, 0.05) is 17.5 Å². The largest absolute Gasteiger partial charge is 0.327 e. The number of hydrogen-bond donors (Lipinski definition) is 1. The molecule has 4 nitrogen and oxygen atoms in total. The molecule has 1 heterocycles. The van der Waals surface area contributed by atoms with E-state index in [2.05, 4.69) is 12.2 Å². The van der Waals surface area contributed by atoms with Crippen LogP contribution in [0.5, 0.6) is 0 Å². The third-order valence-corrected chi connectivity index (χ3v) is 5.85. The van der Waals surface area contributed by atoms with Crippen molar-refractivity contribution >= 4 is 57.5 Å². The van der Waals surface area contributed by atoms with Crippen LogP contribution in [0.1, 0.15) is 18.1 Å². The van der Waals surface area contributed by atoms with Crippen LogP contribution in [0, 0.1) is 13.8 Å². The number of rotatable bonds is 2. The molecule has 1 N–H and O–H groups in total. The van der Waals surface area contributed by atoms with E-state index in [0.717, 1.165) is 16.8 Å². The van der Waals surface area contributed by atoms with E-state index in [9.17, 15) is 4.79 Å². The van der Waals surface area contributed by atoms with Crippen molar-refractivity contribution in [1.29, 1.82) is 0 Å². The van der Waals surface area contributed by atoms with Gasteiger partial charge in [-0.15, -0.1) is 0 Å². The van der Waals surface area contributed by atoms with Gasteiger partial charge in [-0.1, -0.05) is 60.1 Å². The first-order valence-corrected chi connectivity index (χ1v) is 9.84. The van der Waals surface area contributed by atoms with Crippen LogP contribution in [0.4, 0.5) is 16.2 Å². The van der Waals surface area contributed by atoms with Gasteiger partial charge in [0.25, 0.3) is 0 Å². The lowest BCUT2D eigenvalue weighted by Crippen LogP contribution is -2.36. The fourth-order valence-electron chi connectivity index (χ4n) is 2.72. The van der Waals surface area contributed by atoms with Gasteiger partial charge >= 0.3 is 6.03 Å². The highest BCUT2D eigenvalue weighted by Crippen LogP contribution is 2.32. The lowest BCUT2D eigenvalue weighted by molar-refractivity contribution is 0.235. The second-order valence-corrected chi connectivity index (χ2v) is 8.45. The summed E-state index contributed by atoms with van der Waals surface area (Å²) >= 11 is 13.6. The average molecular weight is 408 g/mol. The molecule has 1 fully saturated rings. The fraction of sp³-hybridized carbons (Fsp3) is 0.263. The lowest BCUT2D eigenvalue weighted by Gasteiger charge is -2.18. The molecule has 1 aliphatic rings. The molecule has 0 bridgehead atoms. The predicted octanol–water partition coefficient (Wildman–Crippen LogP) is 6.27. The number of nitrogens with one attached hydrogen (secondary N) is 1. The summed E-state index contributed by atoms with van der Waals surface area (Å²) in [5.74, 6) is 0. The highest BCUT2D eigenvalue weighted by Gasteiger charge is 2.31. The summed E-state index contributed by atoms with van der Waals surface area (Å²) in [4.78, 5) is 19.2. The average Bonchev–Trinajstić information content (AvgIpc) is 2.95. The Bertz CT molecular complexity index is 865. The first kappa shape index (κ1) is 19.1. The van der Waals surface area contributed by atoms with Crippen LogP contribution in [0.3, 0.4) is 0 Å². The van der Waals surface area contributed by atoms with E-state index in [1.165, 1.54) is 0 Å². The smallest absolute Gasteiger partial charge is 0.307 e. The Kier molecular flexibility index (Phi) is 5.80. The minimum Gasteiger partial charge on any atom is -0.307 e. The SMILES string of the molecule is Cc1cccc(C)c1N=C1SC(C)CN1C(=O)Nc1ccc(Cl)c(Cl)c1. The van der Waals surface area contributed by atoms with Crippen LogP contribution in [0.15, 0.2) is 41.4 Å². The first-order chi connectivity index (χ1) is 12.3. The van der Waals surface area contributed by atoms with Crippen LogP contribution in [0.2, 0.25) is 10.0 Å². The Morgan fingerprint density at radius 2 is 1.88 bits per heavy atom. The number of urea groups is 1. The first-order valence-electron chi connectivity index (χ1n) is 8.20. The molecule has 0 aliphatic carbocycles. The van der Waals surface area contributed by atoms with Crippen molar-refractivity contribution in [3.05, 3.63) is 57.6 Å². The van der Waals surface area contributed by atoms with Crippen LogP contribution in [-0.4, -0.2) is 27.9 Å². The van der Waals surface area contributed by atoms with Gasteiger partial charge in [0.1, 0.15) is 0 Å². The number of carbonyl (C=O) groups is 1. The van der Waals surface area contributed by atoms with Crippen LogP contribution in [0.25, 0.3) is 0 Å². The summed E-state index contributed by atoms with van der Waals surface area (Å²) in [6, 6.07) is 10.8. The zero-order chi connectivity index (χ0) is 18.8. The van der Waals surface area contributed by atoms with Crippen molar-refractivity contribution in [2.75, 3.05) is 11.9 Å². The molecule has 7 heteroatoms. The number of para-hydroxylation sites is 1. The Hall–Kier alpha value is -1.69. The number of amides is 2. The Morgan fingerprint density at radius 1 is 1.19 bits per heavy atom.